The highest BCUT2D eigenvalue weighted by Gasteiger charge is 2.17. The first kappa shape index (κ1) is 9.44. The van der Waals surface area contributed by atoms with Gasteiger partial charge in [-0.2, -0.15) is 0 Å². The second-order valence-corrected chi connectivity index (χ2v) is 3.03. The summed E-state index contributed by atoms with van der Waals surface area (Å²) in [4.78, 5) is 0. The summed E-state index contributed by atoms with van der Waals surface area (Å²) in [7, 11) is 0. The Morgan fingerprint density at radius 3 is 2.50 bits per heavy atom. The van der Waals surface area contributed by atoms with Crippen molar-refractivity contribution in [1.82, 2.24) is 0 Å². The van der Waals surface area contributed by atoms with Crippen LogP contribution >= 0.6 is 0 Å². The molecule has 0 aromatic carbocycles. The molecule has 10 heavy (non-hydrogen) atoms. The van der Waals surface area contributed by atoms with Gasteiger partial charge in [-0.15, -0.1) is 6.58 Å². The van der Waals surface area contributed by atoms with E-state index in [1.165, 1.54) is 0 Å². The highest BCUT2D eigenvalue weighted by atomic mass is 14.7. The van der Waals surface area contributed by atoms with Gasteiger partial charge < -0.3 is 5.73 Å². The largest absolute Gasteiger partial charge is 0.322 e. The molecule has 0 saturated carbocycles. The van der Waals surface area contributed by atoms with E-state index in [1.54, 1.807) is 0 Å². The molecule has 0 aromatic heterocycles. The van der Waals surface area contributed by atoms with Crippen molar-refractivity contribution in [2.75, 3.05) is 0 Å². The molecule has 0 unspecified atom stereocenters. The molecule has 1 nitrogen and oxygen atoms in total. The molecule has 0 spiro atoms. The van der Waals surface area contributed by atoms with Gasteiger partial charge in [-0.3, -0.25) is 0 Å². The minimum Gasteiger partial charge on any atom is -0.322 e. The van der Waals surface area contributed by atoms with Crippen LogP contribution in [0, 0.1) is 0 Å². The van der Waals surface area contributed by atoms with E-state index in [2.05, 4.69) is 13.2 Å². The Labute approximate surface area is 63.6 Å². The topological polar surface area (TPSA) is 26.0 Å². The molecule has 0 aliphatic heterocycles. The van der Waals surface area contributed by atoms with Crippen LogP contribution in [0.2, 0.25) is 0 Å². The first-order chi connectivity index (χ1) is 4.50. The number of hydrogen-bond donors (Lipinski definition) is 1. The average molecular weight is 139 g/mol. The van der Waals surface area contributed by atoms with E-state index in [0.717, 1.165) is 18.4 Å². The second-order valence-electron chi connectivity index (χ2n) is 3.03. The van der Waals surface area contributed by atoms with Crippen LogP contribution in [-0.2, 0) is 0 Å². The predicted molar refractivity (Wildman–Crippen MR) is 46.8 cm³/mol. The predicted octanol–water partition coefficient (Wildman–Crippen LogP) is 2.25. The molecular formula is C9H17N. The van der Waals surface area contributed by atoms with Crippen LogP contribution in [0.3, 0.4) is 0 Å². The van der Waals surface area contributed by atoms with Crippen LogP contribution in [0.4, 0.5) is 0 Å². The Morgan fingerprint density at radius 1 is 1.70 bits per heavy atom. The maximum Gasteiger partial charge on any atom is 0.0337 e. The molecule has 1 heteroatoms. The summed E-state index contributed by atoms with van der Waals surface area (Å²) in [6.45, 7) is 11.4. The lowest BCUT2D eigenvalue weighted by molar-refractivity contribution is 0.510. The minimum absolute atomic E-state index is 0.214. The standard InChI is InChI=1S/C9H17N/c1-5-6-7-9(4,10)8(2)3/h5H,1-2,6-7,10H2,3-4H3/t9-/m0/s1. The van der Waals surface area contributed by atoms with Gasteiger partial charge in [0.05, 0.1) is 0 Å². The van der Waals surface area contributed by atoms with E-state index in [-0.39, 0.29) is 5.54 Å². The fourth-order valence-electron chi connectivity index (χ4n) is 0.615. The molecule has 58 valence electrons. The number of allylic oxidation sites excluding steroid dienone is 1. The van der Waals surface area contributed by atoms with Crippen LogP contribution in [0.15, 0.2) is 24.8 Å². The lowest BCUT2D eigenvalue weighted by atomic mass is 9.90. The third-order valence-electron chi connectivity index (χ3n) is 1.84. The van der Waals surface area contributed by atoms with Crippen molar-refractivity contribution < 1.29 is 0 Å². The summed E-state index contributed by atoms with van der Waals surface area (Å²) < 4.78 is 0. The van der Waals surface area contributed by atoms with Crippen molar-refractivity contribution in [3.63, 3.8) is 0 Å². The summed E-state index contributed by atoms with van der Waals surface area (Å²) in [6.07, 6.45) is 3.78. The Bertz CT molecular complexity index is 134. The monoisotopic (exact) mass is 139 g/mol. The molecule has 0 fully saturated rings. The van der Waals surface area contributed by atoms with Gasteiger partial charge in [-0.25, -0.2) is 0 Å². The summed E-state index contributed by atoms with van der Waals surface area (Å²) in [5.41, 5.74) is 6.72. The van der Waals surface area contributed by atoms with E-state index in [1.807, 2.05) is 19.9 Å². The summed E-state index contributed by atoms with van der Waals surface area (Å²) >= 11 is 0. The van der Waals surface area contributed by atoms with E-state index in [0.29, 0.717) is 0 Å². The molecule has 0 heterocycles. The zero-order valence-corrected chi connectivity index (χ0v) is 6.98. The lowest BCUT2D eigenvalue weighted by Gasteiger charge is -2.24. The molecule has 0 bridgehead atoms. The SMILES string of the molecule is C=CCC[C@](C)(N)C(=C)C. The molecule has 0 amide bonds. The fourth-order valence-corrected chi connectivity index (χ4v) is 0.615. The first-order valence-corrected chi connectivity index (χ1v) is 3.56. The second kappa shape index (κ2) is 3.57. The van der Waals surface area contributed by atoms with Gasteiger partial charge in [0.15, 0.2) is 0 Å². The van der Waals surface area contributed by atoms with Crippen LogP contribution in [0.1, 0.15) is 26.7 Å². The molecular weight excluding hydrogens is 122 g/mol. The van der Waals surface area contributed by atoms with E-state index in [4.69, 9.17) is 5.73 Å². The minimum atomic E-state index is -0.214. The molecule has 2 N–H and O–H groups in total. The van der Waals surface area contributed by atoms with Crippen molar-refractivity contribution in [2.24, 2.45) is 5.73 Å². The zero-order chi connectivity index (χ0) is 8.20. The smallest absolute Gasteiger partial charge is 0.0337 e. The molecule has 0 radical (unpaired) electrons. The molecule has 0 aliphatic carbocycles. The third kappa shape index (κ3) is 2.83. The van der Waals surface area contributed by atoms with Gasteiger partial charge in [0, 0.05) is 5.54 Å². The van der Waals surface area contributed by atoms with Gasteiger partial charge in [0.2, 0.25) is 0 Å². The van der Waals surface area contributed by atoms with E-state index < -0.39 is 0 Å². The molecule has 0 aromatic rings. The van der Waals surface area contributed by atoms with Crippen LogP contribution in [0.25, 0.3) is 0 Å². The molecule has 1 atom stereocenters. The van der Waals surface area contributed by atoms with Crippen molar-refractivity contribution in [2.45, 2.75) is 32.2 Å². The van der Waals surface area contributed by atoms with Crippen LogP contribution < -0.4 is 5.73 Å². The third-order valence-corrected chi connectivity index (χ3v) is 1.84. The van der Waals surface area contributed by atoms with E-state index in [9.17, 15) is 0 Å². The maximum absolute atomic E-state index is 5.90. The molecule has 0 rings (SSSR count). The van der Waals surface area contributed by atoms with Gasteiger partial charge in [0.1, 0.15) is 0 Å². The van der Waals surface area contributed by atoms with Crippen molar-refractivity contribution >= 4 is 0 Å². The summed E-state index contributed by atoms with van der Waals surface area (Å²) in [5.74, 6) is 0. The Kier molecular flexibility index (Phi) is 3.37. The fraction of sp³-hybridized carbons (Fsp3) is 0.556. The van der Waals surface area contributed by atoms with Crippen molar-refractivity contribution in [3.05, 3.63) is 24.8 Å². The van der Waals surface area contributed by atoms with Gasteiger partial charge in [0.25, 0.3) is 0 Å². The lowest BCUT2D eigenvalue weighted by Crippen LogP contribution is -2.36. The Morgan fingerprint density at radius 2 is 2.20 bits per heavy atom. The van der Waals surface area contributed by atoms with Crippen molar-refractivity contribution in [3.8, 4) is 0 Å². The quantitative estimate of drug-likeness (QED) is 0.594. The summed E-state index contributed by atoms with van der Waals surface area (Å²) in [5, 5.41) is 0. The van der Waals surface area contributed by atoms with Gasteiger partial charge >= 0.3 is 0 Å². The van der Waals surface area contributed by atoms with Gasteiger partial charge in [-0.05, 0) is 26.7 Å². The molecule has 0 aliphatic rings. The number of rotatable bonds is 4. The van der Waals surface area contributed by atoms with Gasteiger partial charge in [-0.1, -0.05) is 18.2 Å². The normalized spacial score (nSPS) is 15.9. The highest BCUT2D eigenvalue weighted by Crippen LogP contribution is 2.16. The van der Waals surface area contributed by atoms with E-state index >= 15 is 0 Å². The summed E-state index contributed by atoms with van der Waals surface area (Å²) in [6, 6.07) is 0. The average Bonchev–Trinajstić information content (AvgIpc) is 1.84. The molecule has 0 saturated heterocycles. The Balaban J connectivity index is 3.86. The maximum atomic E-state index is 5.90. The first-order valence-electron chi connectivity index (χ1n) is 3.56. The highest BCUT2D eigenvalue weighted by molar-refractivity contribution is 5.10. The number of nitrogens with two attached hydrogens (primary N) is 1. The van der Waals surface area contributed by atoms with Crippen LogP contribution in [0.5, 0.6) is 0 Å². The van der Waals surface area contributed by atoms with Crippen molar-refractivity contribution in [1.29, 1.82) is 0 Å². The van der Waals surface area contributed by atoms with Crippen LogP contribution in [-0.4, -0.2) is 5.54 Å². The zero-order valence-electron chi connectivity index (χ0n) is 6.98. The Hall–Kier alpha value is -0.560. The number of hydrogen-bond acceptors (Lipinski definition) is 1.